The minimum absolute atomic E-state index is 0.0105. The minimum atomic E-state index is -3.77. The van der Waals surface area contributed by atoms with E-state index in [2.05, 4.69) is 30.4 Å². The van der Waals surface area contributed by atoms with Gasteiger partial charge in [0.1, 0.15) is 11.2 Å². The summed E-state index contributed by atoms with van der Waals surface area (Å²) in [6.07, 6.45) is 3.58. The molecule has 39 heavy (non-hydrogen) atoms. The third-order valence-corrected chi connectivity index (χ3v) is 6.95. The molecule has 3 N–H and O–H groups in total. The van der Waals surface area contributed by atoms with Crippen LogP contribution in [0.15, 0.2) is 30.6 Å². The summed E-state index contributed by atoms with van der Waals surface area (Å²) in [6.45, 7) is 1.71. The quantitative estimate of drug-likeness (QED) is 0.342. The molecule has 0 atom stereocenters. The highest BCUT2D eigenvalue weighted by Crippen LogP contribution is 2.37. The summed E-state index contributed by atoms with van der Waals surface area (Å²) in [5.74, 6) is -0.587. The van der Waals surface area contributed by atoms with Gasteiger partial charge in [0.15, 0.2) is 5.82 Å². The first-order valence-corrected chi connectivity index (χ1v) is 14.0. The molecule has 16 heteroatoms. The normalized spacial score (nSPS) is 16.6. The predicted molar refractivity (Wildman–Crippen MR) is 140 cm³/mol. The third kappa shape index (κ3) is 5.90. The molecule has 2 aromatic heterocycles. The van der Waals surface area contributed by atoms with Crippen LogP contribution in [0, 0.1) is 5.82 Å². The van der Waals surface area contributed by atoms with E-state index in [-0.39, 0.29) is 53.7 Å². The van der Waals surface area contributed by atoms with Crippen molar-refractivity contribution in [2.24, 2.45) is 0 Å². The van der Waals surface area contributed by atoms with E-state index in [1.165, 1.54) is 25.4 Å². The number of hydrogen-bond acceptors (Lipinski definition) is 10. The molecule has 2 aliphatic rings. The molecule has 13 nitrogen and oxygen atoms in total. The Morgan fingerprint density at radius 1 is 1.28 bits per heavy atom. The smallest absolute Gasteiger partial charge is 0.407 e. The van der Waals surface area contributed by atoms with Gasteiger partial charge in [-0.2, -0.15) is 5.10 Å². The molecule has 2 fully saturated rings. The molecule has 1 aromatic carbocycles. The molecule has 208 valence electrons. The van der Waals surface area contributed by atoms with E-state index < -0.39 is 27.5 Å². The second-order valence-corrected chi connectivity index (χ2v) is 11.4. The molecule has 4 heterocycles. The number of rotatable bonds is 9. The number of amides is 1. The van der Waals surface area contributed by atoms with E-state index in [4.69, 9.17) is 25.8 Å². The number of hydrogen-bond donors (Lipinski definition) is 3. The maximum atomic E-state index is 15.6. The first kappa shape index (κ1) is 27.1. The molecule has 2 aliphatic heterocycles. The third-order valence-electron chi connectivity index (χ3n) is 6.14. The van der Waals surface area contributed by atoms with Crippen LogP contribution in [-0.4, -0.2) is 86.1 Å². The lowest BCUT2D eigenvalue weighted by molar-refractivity contribution is -0.0639. The maximum Gasteiger partial charge on any atom is 0.407 e. The fourth-order valence-corrected chi connectivity index (χ4v) is 4.82. The molecular weight excluding hydrogens is 557 g/mol. The molecule has 0 aliphatic carbocycles. The number of anilines is 2. The number of ether oxygens (including phenoxy) is 3. The molecule has 0 saturated carbocycles. The van der Waals surface area contributed by atoms with Gasteiger partial charge in [-0.15, -0.1) is 0 Å². The van der Waals surface area contributed by atoms with E-state index in [1.54, 1.807) is 16.9 Å². The van der Waals surface area contributed by atoms with Crippen LogP contribution in [0.1, 0.15) is 6.04 Å². The Bertz CT molecular complexity index is 1510. The van der Waals surface area contributed by atoms with Gasteiger partial charge >= 0.3 is 6.09 Å². The van der Waals surface area contributed by atoms with Crippen LogP contribution < -0.4 is 15.4 Å². The Kier molecular flexibility index (Phi) is 7.33. The van der Waals surface area contributed by atoms with Gasteiger partial charge in [-0.3, -0.25) is 9.40 Å². The number of carbonyl (C=O) groups is 1. The SMILES string of the molecule is COC(=O)NC1(CNc2nccc(-c3cn(C4COC4)nc3-c3cc(Cl)cc(NS(C)(=O)=O)c3F)n2)COC1. The average Bonchev–Trinajstić information content (AvgIpc) is 3.25. The Labute approximate surface area is 228 Å². The average molecular weight is 582 g/mol. The minimum Gasteiger partial charge on any atom is -0.453 e. The second-order valence-electron chi connectivity index (χ2n) is 9.26. The second kappa shape index (κ2) is 10.6. The number of carbonyl (C=O) groups excluding carboxylic acids is 1. The zero-order valence-corrected chi connectivity index (χ0v) is 22.5. The first-order chi connectivity index (χ1) is 18.6. The van der Waals surface area contributed by atoms with Crippen LogP contribution in [0.4, 0.5) is 20.8 Å². The van der Waals surface area contributed by atoms with E-state index >= 15 is 4.39 Å². The van der Waals surface area contributed by atoms with Crippen molar-refractivity contribution < 1.29 is 31.8 Å². The number of benzene rings is 1. The molecule has 3 aromatic rings. The summed E-state index contributed by atoms with van der Waals surface area (Å²) < 4.78 is 58.3. The van der Waals surface area contributed by atoms with Gasteiger partial charge in [0.2, 0.25) is 16.0 Å². The Morgan fingerprint density at radius 2 is 2.05 bits per heavy atom. The summed E-state index contributed by atoms with van der Waals surface area (Å²) in [7, 11) is -2.50. The number of halogens is 2. The molecule has 2 saturated heterocycles. The lowest BCUT2D eigenvalue weighted by Gasteiger charge is -2.41. The van der Waals surface area contributed by atoms with Crippen LogP contribution in [0.5, 0.6) is 0 Å². The van der Waals surface area contributed by atoms with Crippen LogP contribution in [-0.2, 0) is 24.2 Å². The lowest BCUT2D eigenvalue weighted by Crippen LogP contribution is -2.65. The Balaban J connectivity index is 1.50. The highest BCUT2D eigenvalue weighted by molar-refractivity contribution is 7.92. The van der Waals surface area contributed by atoms with Gasteiger partial charge in [-0.05, 0) is 18.2 Å². The summed E-state index contributed by atoms with van der Waals surface area (Å²) in [5.41, 5.74) is 0.102. The summed E-state index contributed by atoms with van der Waals surface area (Å²) in [4.78, 5) is 20.6. The van der Waals surface area contributed by atoms with E-state index in [0.29, 0.717) is 24.5 Å². The highest BCUT2D eigenvalue weighted by atomic mass is 35.5. The number of methoxy groups -OCH3 is 1. The van der Waals surface area contributed by atoms with Crippen molar-refractivity contribution in [1.29, 1.82) is 0 Å². The Hall–Kier alpha value is -3.53. The molecule has 1 amide bonds. The monoisotopic (exact) mass is 581 g/mol. The largest absolute Gasteiger partial charge is 0.453 e. The van der Waals surface area contributed by atoms with Crippen LogP contribution in [0.25, 0.3) is 22.5 Å². The fourth-order valence-electron chi connectivity index (χ4n) is 4.05. The Morgan fingerprint density at radius 3 is 2.67 bits per heavy atom. The van der Waals surface area contributed by atoms with Gasteiger partial charge in [0.25, 0.3) is 0 Å². The molecule has 0 spiro atoms. The molecule has 0 radical (unpaired) electrons. The van der Waals surface area contributed by atoms with Gasteiger partial charge in [0, 0.05) is 35.1 Å². The van der Waals surface area contributed by atoms with Crippen molar-refractivity contribution in [2.45, 2.75) is 11.6 Å². The summed E-state index contributed by atoms with van der Waals surface area (Å²) in [6, 6.07) is 4.14. The van der Waals surface area contributed by atoms with Crippen LogP contribution >= 0.6 is 11.6 Å². The first-order valence-electron chi connectivity index (χ1n) is 11.7. The summed E-state index contributed by atoms with van der Waals surface area (Å²) >= 11 is 6.24. The highest BCUT2D eigenvalue weighted by Gasteiger charge is 2.40. The molecule has 5 rings (SSSR count). The lowest BCUT2D eigenvalue weighted by atomic mass is 9.98. The molecular formula is C23H25ClFN7O6S. The number of alkyl carbamates (subject to hydrolysis) is 1. The molecule has 0 unspecified atom stereocenters. The van der Waals surface area contributed by atoms with Gasteiger partial charge in [0.05, 0.1) is 57.2 Å². The van der Waals surface area contributed by atoms with Crippen molar-refractivity contribution in [1.82, 2.24) is 25.1 Å². The topological polar surface area (TPSA) is 159 Å². The standard InChI is InChI=1S/C23H25ClFN7O6S/c1-36-22(33)29-23(11-38-12-23)10-27-21-26-4-3-17(28-21)16-7-32(14-8-37-9-14)30-20(16)15-5-13(24)6-18(19(15)25)31-39(2,34)35/h3-7,14,31H,8-12H2,1-2H3,(H,29,33)(H,26,27,28). The van der Waals surface area contributed by atoms with Crippen molar-refractivity contribution in [2.75, 3.05) is 56.4 Å². The van der Waals surface area contributed by atoms with Crippen molar-refractivity contribution in [3.63, 3.8) is 0 Å². The number of nitrogens with zero attached hydrogens (tertiary/aromatic N) is 4. The maximum absolute atomic E-state index is 15.6. The van der Waals surface area contributed by atoms with Gasteiger partial charge in [-0.25, -0.2) is 27.6 Å². The zero-order chi connectivity index (χ0) is 27.8. The fraction of sp³-hybridized carbons (Fsp3) is 0.391. The summed E-state index contributed by atoms with van der Waals surface area (Å²) in [5, 5.41) is 10.6. The van der Waals surface area contributed by atoms with Crippen LogP contribution in [0.3, 0.4) is 0 Å². The van der Waals surface area contributed by atoms with Gasteiger partial charge in [-0.1, -0.05) is 11.6 Å². The zero-order valence-electron chi connectivity index (χ0n) is 20.9. The van der Waals surface area contributed by atoms with E-state index in [0.717, 1.165) is 6.26 Å². The number of nitrogens with one attached hydrogen (secondary N) is 3. The van der Waals surface area contributed by atoms with E-state index in [9.17, 15) is 13.2 Å². The molecule has 0 bridgehead atoms. The predicted octanol–water partition coefficient (Wildman–Crippen LogP) is 2.28. The van der Waals surface area contributed by atoms with Crippen molar-refractivity contribution in [3.05, 3.63) is 41.4 Å². The van der Waals surface area contributed by atoms with Crippen molar-refractivity contribution >= 4 is 39.4 Å². The van der Waals surface area contributed by atoms with E-state index in [1.807, 2.05) is 0 Å². The number of sulfonamides is 1. The van der Waals surface area contributed by atoms with Gasteiger partial charge < -0.3 is 24.8 Å². The van der Waals surface area contributed by atoms with Crippen molar-refractivity contribution in [3.8, 4) is 22.5 Å². The van der Waals surface area contributed by atoms with Crippen LogP contribution in [0.2, 0.25) is 5.02 Å². The number of aromatic nitrogens is 4.